The standard InChI is InChI=1S/C20H17F4N3O4S/c21-16-5-3-13(10-18(16)32(29,30)27-7-1-2-8-27)19(28)26-15-4-6-17(14(9-15)11-25)31-12-20(22,23)24/h3-6,9-10H,1-2,7-8,12H2,(H,26,28). The molecule has 170 valence electrons. The molecule has 2 aromatic rings. The van der Waals surface area contributed by atoms with Gasteiger partial charge < -0.3 is 10.1 Å². The minimum atomic E-state index is -4.59. The van der Waals surface area contributed by atoms with Crippen molar-refractivity contribution < 1.29 is 35.5 Å². The molecule has 32 heavy (non-hydrogen) atoms. The Morgan fingerprint density at radius 3 is 2.47 bits per heavy atom. The molecule has 0 unspecified atom stereocenters. The maximum atomic E-state index is 14.2. The van der Waals surface area contributed by atoms with E-state index in [1.807, 2.05) is 0 Å². The third-order valence-corrected chi connectivity index (χ3v) is 6.54. The molecule has 0 spiro atoms. The van der Waals surface area contributed by atoms with Crippen LogP contribution in [0, 0.1) is 17.1 Å². The zero-order valence-corrected chi connectivity index (χ0v) is 17.3. The molecule has 1 N–H and O–H groups in total. The van der Waals surface area contributed by atoms with Crippen LogP contribution < -0.4 is 10.1 Å². The molecule has 0 aliphatic carbocycles. The van der Waals surface area contributed by atoms with Crippen molar-refractivity contribution in [1.29, 1.82) is 5.26 Å². The molecule has 2 aromatic carbocycles. The molecule has 0 saturated carbocycles. The molecule has 7 nitrogen and oxygen atoms in total. The van der Waals surface area contributed by atoms with E-state index in [2.05, 4.69) is 10.1 Å². The second kappa shape index (κ2) is 9.13. The third kappa shape index (κ3) is 5.35. The number of hydrogen-bond acceptors (Lipinski definition) is 5. The minimum absolute atomic E-state index is 0.0548. The summed E-state index contributed by atoms with van der Waals surface area (Å²) in [5, 5.41) is 11.5. The lowest BCUT2D eigenvalue weighted by atomic mass is 10.1. The smallest absolute Gasteiger partial charge is 0.422 e. The molecule has 3 rings (SSSR count). The third-order valence-electron chi connectivity index (χ3n) is 4.63. The van der Waals surface area contributed by atoms with Crippen LogP contribution in [-0.2, 0) is 10.0 Å². The molecule has 0 radical (unpaired) electrons. The molecule has 1 fully saturated rings. The summed E-state index contributed by atoms with van der Waals surface area (Å²) in [6, 6.07) is 7.98. The van der Waals surface area contributed by atoms with Crippen molar-refractivity contribution in [2.75, 3.05) is 25.0 Å². The van der Waals surface area contributed by atoms with Crippen LogP contribution >= 0.6 is 0 Å². The summed E-state index contributed by atoms with van der Waals surface area (Å²) in [7, 11) is -4.11. The summed E-state index contributed by atoms with van der Waals surface area (Å²) in [6.07, 6.45) is -3.27. The molecular formula is C20H17F4N3O4S. The number of nitrogens with zero attached hydrogens (tertiary/aromatic N) is 2. The van der Waals surface area contributed by atoms with E-state index >= 15 is 0 Å². The van der Waals surface area contributed by atoms with E-state index in [1.54, 1.807) is 6.07 Å². The lowest BCUT2D eigenvalue weighted by Crippen LogP contribution is -2.29. The Balaban J connectivity index is 1.81. The van der Waals surface area contributed by atoms with E-state index in [9.17, 15) is 30.8 Å². The van der Waals surface area contributed by atoms with Crippen molar-refractivity contribution in [3.8, 4) is 11.8 Å². The Labute approximate surface area is 181 Å². The van der Waals surface area contributed by atoms with Gasteiger partial charge in [-0.15, -0.1) is 0 Å². The zero-order chi connectivity index (χ0) is 23.5. The van der Waals surface area contributed by atoms with Gasteiger partial charge in [0, 0.05) is 24.3 Å². The van der Waals surface area contributed by atoms with E-state index in [-0.39, 0.29) is 35.7 Å². The molecule has 1 heterocycles. The summed E-state index contributed by atoms with van der Waals surface area (Å²) < 4.78 is 82.3. The van der Waals surface area contributed by atoms with Crippen LogP contribution in [0.15, 0.2) is 41.3 Å². The largest absolute Gasteiger partial charge is 0.483 e. The minimum Gasteiger partial charge on any atom is -0.483 e. The number of alkyl halides is 3. The van der Waals surface area contributed by atoms with Crippen LogP contribution in [0.3, 0.4) is 0 Å². The average Bonchev–Trinajstić information content (AvgIpc) is 3.28. The Bertz CT molecular complexity index is 1170. The predicted octanol–water partition coefficient (Wildman–Crippen LogP) is 3.68. The summed E-state index contributed by atoms with van der Waals surface area (Å²) in [6.45, 7) is -1.06. The quantitative estimate of drug-likeness (QED) is 0.648. The second-order valence-electron chi connectivity index (χ2n) is 6.94. The topological polar surface area (TPSA) is 99.5 Å². The summed E-state index contributed by atoms with van der Waals surface area (Å²) in [5.41, 5.74) is -0.345. The Kier molecular flexibility index (Phi) is 6.71. The number of anilines is 1. The monoisotopic (exact) mass is 471 g/mol. The number of nitrogens with one attached hydrogen (secondary N) is 1. The van der Waals surface area contributed by atoms with Crippen molar-refractivity contribution in [1.82, 2.24) is 4.31 Å². The van der Waals surface area contributed by atoms with Crippen molar-refractivity contribution >= 4 is 21.6 Å². The van der Waals surface area contributed by atoms with Gasteiger partial charge in [0.05, 0.1) is 5.56 Å². The van der Waals surface area contributed by atoms with Crippen LogP contribution in [0.1, 0.15) is 28.8 Å². The lowest BCUT2D eigenvalue weighted by Gasteiger charge is -2.16. The van der Waals surface area contributed by atoms with E-state index in [1.165, 1.54) is 6.07 Å². The summed E-state index contributed by atoms with van der Waals surface area (Å²) in [5.74, 6) is -2.11. The molecule has 1 amide bonds. The Morgan fingerprint density at radius 1 is 1.16 bits per heavy atom. The fourth-order valence-corrected chi connectivity index (χ4v) is 4.70. The molecule has 1 aliphatic rings. The molecular weight excluding hydrogens is 454 g/mol. The molecule has 1 saturated heterocycles. The van der Waals surface area contributed by atoms with E-state index in [4.69, 9.17) is 5.26 Å². The van der Waals surface area contributed by atoms with Gasteiger partial charge in [-0.05, 0) is 49.2 Å². The highest BCUT2D eigenvalue weighted by Crippen LogP contribution is 2.27. The molecule has 1 aliphatic heterocycles. The SMILES string of the molecule is N#Cc1cc(NC(=O)c2ccc(F)c(S(=O)(=O)N3CCCC3)c2)ccc1OCC(F)(F)F. The second-order valence-corrected chi connectivity index (χ2v) is 8.84. The van der Waals surface area contributed by atoms with E-state index in [0.717, 1.165) is 34.6 Å². The van der Waals surface area contributed by atoms with Crippen LogP contribution in [0.25, 0.3) is 0 Å². The van der Waals surface area contributed by atoms with Gasteiger partial charge in [-0.1, -0.05) is 0 Å². The number of hydrogen-bond donors (Lipinski definition) is 1. The highest BCUT2D eigenvalue weighted by Gasteiger charge is 2.31. The predicted molar refractivity (Wildman–Crippen MR) is 105 cm³/mol. The number of halogens is 4. The van der Waals surface area contributed by atoms with Crippen molar-refractivity contribution in [3.05, 3.63) is 53.3 Å². The van der Waals surface area contributed by atoms with Crippen LogP contribution in [0.4, 0.5) is 23.2 Å². The lowest BCUT2D eigenvalue weighted by molar-refractivity contribution is -0.153. The number of carbonyl (C=O) groups is 1. The first-order valence-electron chi connectivity index (χ1n) is 9.36. The van der Waals surface area contributed by atoms with Crippen molar-refractivity contribution in [2.24, 2.45) is 0 Å². The number of benzene rings is 2. The van der Waals surface area contributed by atoms with Gasteiger partial charge in [0.15, 0.2) is 6.61 Å². The first kappa shape index (κ1) is 23.5. The maximum absolute atomic E-state index is 14.2. The first-order valence-corrected chi connectivity index (χ1v) is 10.8. The number of ether oxygens (including phenoxy) is 1. The van der Waals surface area contributed by atoms with E-state index in [0.29, 0.717) is 12.8 Å². The number of carbonyl (C=O) groups excluding carboxylic acids is 1. The number of rotatable bonds is 6. The van der Waals surface area contributed by atoms with E-state index < -0.39 is 39.4 Å². The van der Waals surface area contributed by atoms with Crippen LogP contribution in [-0.4, -0.2) is 44.5 Å². The van der Waals surface area contributed by atoms with Gasteiger partial charge in [-0.3, -0.25) is 4.79 Å². The van der Waals surface area contributed by atoms with Gasteiger partial charge in [-0.25, -0.2) is 12.8 Å². The van der Waals surface area contributed by atoms with Gasteiger partial charge in [0.1, 0.15) is 22.5 Å². The molecule has 0 atom stereocenters. The van der Waals surface area contributed by atoms with Gasteiger partial charge in [-0.2, -0.15) is 22.7 Å². The highest BCUT2D eigenvalue weighted by atomic mass is 32.2. The van der Waals surface area contributed by atoms with Crippen LogP contribution in [0.2, 0.25) is 0 Å². The molecule has 12 heteroatoms. The van der Waals surface area contributed by atoms with Gasteiger partial charge in [0.25, 0.3) is 5.91 Å². The number of amides is 1. The maximum Gasteiger partial charge on any atom is 0.422 e. The van der Waals surface area contributed by atoms with Crippen molar-refractivity contribution in [3.63, 3.8) is 0 Å². The fraction of sp³-hybridized carbons (Fsp3) is 0.300. The molecule has 0 aromatic heterocycles. The van der Waals surface area contributed by atoms with Gasteiger partial charge >= 0.3 is 6.18 Å². The number of sulfonamides is 1. The number of nitriles is 1. The zero-order valence-electron chi connectivity index (χ0n) is 16.4. The highest BCUT2D eigenvalue weighted by molar-refractivity contribution is 7.89. The summed E-state index contributed by atoms with van der Waals surface area (Å²) >= 11 is 0. The normalized spacial score (nSPS) is 14.7. The first-order chi connectivity index (χ1) is 15.0. The van der Waals surface area contributed by atoms with Crippen LogP contribution in [0.5, 0.6) is 5.75 Å². The van der Waals surface area contributed by atoms with Crippen molar-refractivity contribution in [2.45, 2.75) is 23.9 Å². The average molecular weight is 471 g/mol. The Hall–Kier alpha value is -3.17. The van der Waals surface area contributed by atoms with Gasteiger partial charge in [0.2, 0.25) is 10.0 Å². The molecule has 0 bridgehead atoms. The summed E-state index contributed by atoms with van der Waals surface area (Å²) in [4.78, 5) is 11.9. The Morgan fingerprint density at radius 2 is 1.84 bits per heavy atom. The fourth-order valence-electron chi connectivity index (χ4n) is 3.09.